The van der Waals surface area contributed by atoms with Crippen LogP contribution in [-0.2, 0) is 14.3 Å². The Morgan fingerprint density at radius 2 is 1.56 bits per heavy atom. The Bertz CT molecular complexity index is 268. The van der Waals surface area contributed by atoms with Crippen molar-refractivity contribution in [1.29, 1.82) is 0 Å². The van der Waals surface area contributed by atoms with E-state index in [0.717, 1.165) is 11.8 Å². The molecule has 0 amide bonds. The van der Waals surface area contributed by atoms with Gasteiger partial charge in [0.2, 0.25) is 0 Å². The third-order valence-electron chi connectivity index (χ3n) is 2.19. The molecule has 0 aliphatic carbocycles. The van der Waals surface area contributed by atoms with E-state index in [4.69, 9.17) is 0 Å². The van der Waals surface area contributed by atoms with E-state index in [0.29, 0.717) is 0 Å². The Kier molecular flexibility index (Phi) is 8.39. The molecule has 1 aromatic carbocycles. The van der Waals surface area contributed by atoms with E-state index >= 15 is 0 Å². The molecule has 3 heteroatoms. The van der Waals surface area contributed by atoms with Gasteiger partial charge >= 0.3 is 0 Å². The molecule has 0 spiro atoms. The van der Waals surface area contributed by atoms with Crippen molar-refractivity contribution in [1.82, 2.24) is 0 Å². The topological polar surface area (TPSA) is 35.5 Å². The number of ether oxygens (including phenoxy) is 2. The third kappa shape index (κ3) is 6.32. The summed E-state index contributed by atoms with van der Waals surface area (Å²) in [6.45, 7) is 3.72. The summed E-state index contributed by atoms with van der Waals surface area (Å²) in [5, 5.41) is 0. The monoisotopic (exact) mass is 224 g/mol. The molecular formula is C13H20O3. The molecule has 0 aliphatic rings. The molecule has 0 saturated heterocycles. The fraction of sp³-hybridized carbons (Fsp3) is 0.462. The number of hydrogen-bond acceptors (Lipinski definition) is 3. The van der Waals surface area contributed by atoms with Crippen LogP contribution in [0.4, 0.5) is 0 Å². The molecular weight excluding hydrogens is 204 g/mol. The van der Waals surface area contributed by atoms with Crippen LogP contribution in [0.25, 0.3) is 0 Å². The summed E-state index contributed by atoms with van der Waals surface area (Å²) >= 11 is 0. The van der Waals surface area contributed by atoms with Gasteiger partial charge in [0.25, 0.3) is 0 Å². The summed E-state index contributed by atoms with van der Waals surface area (Å²) in [4.78, 5) is 10.3. The van der Waals surface area contributed by atoms with E-state index in [1.54, 1.807) is 14.2 Å². The van der Waals surface area contributed by atoms with Crippen LogP contribution in [0.3, 0.4) is 0 Å². The van der Waals surface area contributed by atoms with Gasteiger partial charge < -0.3 is 14.3 Å². The fourth-order valence-corrected chi connectivity index (χ4v) is 0.931. The first-order valence-corrected chi connectivity index (χ1v) is 5.21. The van der Waals surface area contributed by atoms with Crippen molar-refractivity contribution in [3.8, 4) is 0 Å². The molecule has 16 heavy (non-hydrogen) atoms. The predicted molar refractivity (Wildman–Crippen MR) is 64.4 cm³/mol. The Morgan fingerprint density at radius 3 is 1.88 bits per heavy atom. The Hall–Kier alpha value is -1.19. The normalized spacial score (nSPS) is 11.6. The Balaban J connectivity index is 0.000000325. The minimum Gasteiger partial charge on any atom is -0.356 e. The molecule has 90 valence electrons. The van der Waals surface area contributed by atoms with Crippen LogP contribution in [0.1, 0.15) is 25.3 Å². The summed E-state index contributed by atoms with van der Waals surface area (Å²) in [7, 11) is 3.21. The zero-order chi connectivity index (χ0) is 12.4. The SMILES string of the molecule is CC(C=O)c1ccccc1.COC(C)OC. The molecule has 3 nitrogen and oxygen atoms in total. The van der Waals surface area contributed by atoms with Crippen molar-refractivity contribution >= 4 is 6.29 Å². The van der Waals surface area contributed by atoms with Crippen molar-refractivity contribution in [3.05, 3.63) is 35.9 Å². The number of carbonyl (C=O) groups is 1. The zero-order valence-corrected chi connectivity index (χ0v) is 10.3. The summed E-state index contributed by atoms with van der Waals surface area (Å²) in [5.74, 6) is 0.0289. The Morgan fingerprint density at radius 1 is 1.06 bits per heavy atom. The van der Waals surface area contributed by atoms with Gasteiger partial charge in [-0.25, -0.2) is 0 Å². The lowest BCUT2D eigenvalue weighted by Crippen LogP contribution is -2.05. The summed E-state index contributed by atoms with van der Waals surface area (Å²) in [6, 6.07) is 9.74. The standard InChI is InChI=1S/C9H10O.C4H10O2/c1-8(7-10)9-5-3-2-4-6-9;1-4(5-2)6-3/h2-8H,1H3;4H,1-3H3. The van der Waals surface area contributed by atoms with E-state index in [-0.39, 0.29) is 12.2 Å². The maximum Gasteiger partial charge on any atom is 0.154 e. The van der Waals surface area contributed by atoms with Gasteiger partial charge in [-0.15, -0.1) is 0 Å². The minimum absolute atomic E-state index is 0.0289. The number of aldehydes is 1. The van der Waals surface area contributed by atoms with Crippen LogP contribution in [0.15, 0.2) is 30.3 Å². The molecule has 0 aliphatic heterocycles. The van der Waals surface area contributed by atoms with Crippen LogP contribution < -0.4 is 0 Å². The molecule has 0 bridgehead atoms. The van der Waals surface area contributed by atoms with Gasteiger partial charge in [-0.2, -0.15) is 0 Å². The first kappa shape index (κ1) is 14.8. The molecule has 1 rings (SSSR count). The van der Waals surface area contributed by atoms with Gasteiger partial charge in [0.15, 0.2) is 6.29 Å². The second-order valence-electron chi connectivity index (χ2n) is 3.37. The maximum absolute atomic E-state index is 10.3. The second kappa shape index (κ2) is 9.07. The first-order valence-electron chi connectivity index (χ1n) is 5.21. The highest BCUT2D eigenvalue weighted by Crippen LogP contribution is 2.10. The number of methoxy groups -OCH3 is 2. The molecule has 0 heterocycles. The lowest BCUT2D eigenvalue weighted by Gasteiger charge is -2.03. The van der Waals surface area contributed by atoms with Gasteiger partial charge in [0, 0.05) is 20.1 Å². The summed E-state index contributed by atoms with van der Waals surface area (Å²) in [5.41, 5.74) is 1.08. The molecule has 0 N–H and O–H groups in total. The zero-order valence-electron chi connectivity index (χ0n) is 10.3. The Labute approximate surface area is 97.4 Å². The largest absolute Gasteiger partial charge is 0.356 e. The highest BCUT2D eigenvalue weighted by molar-refractivity contribution is 5.61. The third-order valence-corrected chi connectivity index (χ3v) is 2.19. The van der Waals surface area contributed by atoms with Crippen LogP contribution in [0.2, 0.25) is 0 Å². The predicted octanol–water partition coefficient (Wildman–Crippen LogP) is 2.61. The van der Waals surface area contributed by atoms with Crippen molar-refractivity contribution in [2.45, 2.75) is 26.1 Å². The maximum atomic E-state index is 10.3. The second-order valence-corrected chi connectivity index (χ2v) is 3.37. The van der Waals surface area contributed by atoms with Crippen LogP contribution in [0, 0.1) is 0 Å². The molecule has 1 unspecified atom stereocenters. The van der Waals surface area contributed by atoms with Crippen molar-refractivity contribution in [2.24, 2.45) is 0 Å². The van der Waals surface area contributed by atoms with Crippen molar-refractivity contribution < 1.29 is 14.3 Å². The van der Waals surface area contributed by atoms with Gasteiger partial charge in [-0.05, 0) is 12.5 Å². The fourth-order valence-electron chi connectivity index (χ4n) is 0.931. The lowest BCUT2D eigenvalue weighted by atomic mass is 10.0. The molecule has 1 atom stereocenters. The molecule has 0 radical (unpaired) electrons. The van der Waals surface area contributed by atoms with Crippen LogP contribution in [0.5, 0.6) is 0 Å². The quantitative estimate of drug-likeness (QED) is 0.582. The number of hydrogen-bond donors (Lipinski definition) is 0. The highest BCUT2D eigenvalue weighted by atomic mass is 16.7. The van der Waals surface area contributed by atoms with Gasteiger partial charge in [-0.3, -0.25) is 0 Å². The number of rotatable bonds is 4. The van der Waals surface area contributed by atoms with E-state index in [9.17, 15) is 4.79 Å². The number of benzene rings is 1. The molecule has 0 saturated carbocycles. The van der Waals surface area contributed by atoms with E-state index < -0.39 is 0 Å². The van der Waals surface area contributed by atoms with Crippen LogP contribution in [-0.4, -0.2) is 26.8 Å². The van der Waals surface area contributed by atoms with Crippen molar-refractivity contribution in [3.63, 3.8) is 0 Å². The summed E-state index contributed by atoms with van der Waals surface area (Å²) < 4.78 is 9.35. The van der Waals surface area contributed by atoms with E-state index in [1.165, 1.54) is 0 Å². The molecule has 0 aromatic heterocycles. The van der Waals surface area contributed by atoms with Crippen molar-refractivity contribution in [2.75, 3.05) is 14.2 Å². The van der Waals surface area contributed by atoms with Crippen LogP contribution >= 0.6 is 0 Å². The first-order chi connectivity index (χ1) is 7.65. The average molecular weight is 224 g/mol. The highest BCUT2D eigenvalue weighted by Gasteiger charge is 1.99. The van der Waals surface area contributed by atoms with Gasteiger partial charge in [0.1, 0.15) is 6.29 Å². The number of carbonyl (C=O) groups excluding carboxylic acids is 1. The smallest absolute Gasteiger partial charge is 0.154 e. The summed E-state index contributed by atoms with van der Waals surface area (Å²) in [6.07, 6.45) is 0.889. The average Bonchev–Trinajstić information content (AvgIpc) is 2.38. The minimum atomic E-state index is -0.0648. The molecule has 0 fully saturated rings. The lowest BCUT2D eigenvalue weighted by molar-refractivity contribution is -0.108. The van der Waals surface area contributed by atoms with E-state index in [1.807, 2.05) is 44.2 Å². The van der Waals surface area contributed by atoms with Gasteiger partial charge in [0.05, 0.1) is 0 Å². The molecule has 1 aromatic rings. The van der Waals surface area contributed by atoms with Gasteiger partial charge in [-0.1, -0.05) is 37.3 Å². The van der Waals surface area contributed by atoms with E-state index in [2.05, 4.69) is 9.47 Å².